The Morgan fingerprint density at radius 3 is 2.33 bits per heavy atom. The monoisotopic (exact) mass is 85.1 g/mol. The van der Waals surface area contributed by atoms with Gasteiger partial charge in [-0.25, -0.2) is 0 Å². The molecule has 1 fully saturated rings. The average Bonchev–Trinajstić information content (AvgIpc) is 2.19. The van der Waals surface area contributed by atoms with Gasteiger partial charge in [0, 0.05) is 12.6 Å². The van der Waals surface area contributed by atoms with Crippen LogP contribution in [0.5, 0.6) is 0 Å². The van der Waals surface area contributed by atoms with Crippen molar-refractivity contribution in [2.24, 2.45) is 0 Å². The van der Waals surface area contributed by atoms with E-state index in [0.717, 1.165) is 6.04 Å². The van der Waals surface area contributed by atoms with Gasteiger partial charge in [-0.1, -0.05) is 6.92 Å². The van der Waals surface area contributed by atoms with Crippen molar-refractivity contribution in [3.63, 3.8) is 0 Å². The van der Waals surface area contributed by atoms with Crippen LogP contribution in [0, 0.1) is 0 Å². The zero-order valence-electron chi connectivity index (χ0n) is 4.44. The smallest absolute Gasteiger partial charge is 0.0218 e. The second-order valence-corrected chi connectivity index (χ2v) is 2.00. The SMILES string of the molecule is CC[C@@H]1CN1C. The number of rotatable bonds is 1. The van der Waals surface area contributed by atoms with Crippen molar-refractivity contribution in [1.29, 1.82) is 0 Å². The van der Waals surface area contributed by atoms with E-state index in [0.29, 0.717) is 0 Å². The Balaban J connectivity index is 2.09. The molecule has 1 rings (SSSR count). The minimum Gasteiger partial charge on any atom is -0.301 e. The molecular weight excluding hydrogens is 74.1 g/mol. The Bertz CT molecular complexity index is 49.9. The zero-order valence-corrected chi connectivity index (χ0v) is 4.44. The predicted molar refractivity (Wildman–Crippen MR) is 26.7 cm³/mol. The maximum atomic E-state index is 2.35. The molecule has 2 atom stereocenters. The zero-order chi connectivity index (χ0) is 4.57. The molecule has 1 heterocycles. The van der Waals surface area contributed by atoms with Crippen molar-refractivity contribution >= 4 is 0 Å². The highest BCUT2D eigenvalue weighted by Crippen LogP contribution is 2.15. The van der Waals surface area contributed by atoms with Gasteiger partial charge in [-0.05, 0) is 13.5 Å². The van der Waals surface area contributed by atoms with Gasteiger partial charge in [0.05, 0.1) is 0 Å². The van der Waals surface area contributed by atoms with Crippen molar-refractivity contribution in [2.75, 3.05) is 13.6 Å². The largest absolute Gasteiger partial charge is 0.301 e. The molecule has 1 saturated heterocycles. The molecule has 0 aliphatic carbocycles. The summed E-state index contributed by atoms with van der Waals surface area (Å²) in [5, 5.41) is 0. The van der Waals surface area contributed by atoms with Crippen molar-refractivity contribution < 1.29 is 0 Å². The van der Waals surface area contributed by atoms with Crippen LogP contribution in [-0.2, 0) is 0 Å². The van der Waals surface area contributed by atoms with Crippen molar-refractivity contribution in [3.8, 4) is 0 Å². The van der Waals surface area contributed by atoms with Crippen molar-refractivity contribution in [3.05, 3.63) is 0 Å². The van der Waals surface area contributed by atoms with E-state index in [4.69, 9.17) is 0 Å². The minimum atomic E-state index is 0.935. The predicted octanol–water partition coefficient (Wildman–Crippen LogP) is 0.710. The Morgan fingerprint density at radius 1 is 1.83 bits per heavy atom. The molecule has 0 amide bonds. The maximum Gasteiger partial charge on any atom is 0.0218 e. The van der Waals surface area contributed by atoms with Crippen LogP contribution in [-0.4, -0.2) is 24.5 Å². The third-order valence-electron chi connectivity index (χ3n) is 1.46. The lowest BCUT2D eigenvalue weighted by Crippen LogP contribution is -1.88. The van der Waals surface area contributed by atoms with Gasteiger partial charge >= 0.3 is 0 Å². The first-order valence-electron chi connectivity index (χ1n) is 2.55. The molecule has 1 aliphatic rings. The number of hydrogen-bond acceptors (Lipinski definition) is 1. The molecule has 1 heteroatoms. The standard InChI is InChI=1S/C5H11N/c1-3-5-4-6(5)2/h5H,3-4H2,1-2H3/t5-,6?/m1/s1. The fraction of sp³-hybridized carbons (Fsp3) is 1.00. The molecule has 0 bridgehead atoms. The van der Waals surface area contributed by atoms with Gasteiger partial charge in [0.2, 0.25) is 0 Å². The van der Waals surface area contributed by atoms with E-state index in [9.17, 15) is 0 Å². The first-order valence-corrected chi connectivity index (χ1v) is 2.55. The molecule has 6 heavy (non-hydrogen) atoms. The summed E-state index contributed by atoms with van der Waals surface area (Å²) in [5.74, 6) is 0. The van der Waals surface area contributed by atoms with Crippen LogP contribution < -0.4 is 0 Å². The van der Waals surface area contributed by atoms with Gasteiger partial charge in [-0.15, -0.1) is 0 Å². The Hall–Kier alpha value is -0.0400. The van der Waals surface area contributed by atoms with Crippen LogP contribution >= 0.6 is 0 Å². The second kappa shape index (κ2) is 1.23. The maximum absolute atomic E-state index is 2.35. The topological polar surface area (TPSA) is 3.01 Å². The van der Waals surface area contributed by atoms with E-state index < -0.39 is 0 Å². The Labute approximate surface area is 39.0 Å². The molecule has 0 aromatic rings. The van der Waals surface area contributed by atoms with Gasteiger partial charge < -0.3 is 4.90 Å². The molecule has 0 aromatic heterocycles. The number of likely N-dealkylation sites (N-methyl/N-ethyl adjacent to an activating group) is 1. The average molecular weight is 85.1 g/mol. The van der Waals surface area contributed by atoms with E-state index in [2.05, 4.69) is 18.9 Å². The van der Waals surface area contributed by atoms with Crippen LogP contribution in [0.3, 0.4) is 0 Å². The van der Waals surface area contributed by atoms with E-state index in [-0.39, 0.29) is 0 Å². The van der Waals surface area contributed by atoms with Crippen LogP contribution in [0.4, 0.5) is 0 Å². The summed E-state index contributed by atoms with van der Waals surface area (Å²) >= 11 is 0. The number of hydrogen-bond donors (Lipinski definition) is 0. The number of nitrogens with zero attached hydrogens (tertiary/aromatic N) is 1. The summed E-state index contributed by atoms with van der Waals surface area (Å²) in [6.45, 7) is 3.56. The second-order valence-electron chi connectivity index (χ2n) is 2.00. The van der Waals surface area contributed by atoms with Gasteiger partial charge in [0.1, 0.15) is 0 Å². The molecule has 36 valence electrons. The molecule has 1 nitrogen and oxygen atoms in total. The summed E-state index contributed by atoms with van der Waals surface area (Å²) < 4.78 is 0. The third-order valence-corrected chi connectivity index (χ3v) is 1.46. The van der Waals surface area contributed by atoms with Crippen molar-refractivity contribution in [2.45, 2.75) is 19.4 Å². The van der Waals surface area contributed by atoms with E-state index in [1.165, 1.54) is 13.0 Å². The quantitative estimate of drug-likeness (QED) is 0.424. The third kappa shape index (κ3) is 0.548. The van der Waals surface area contributed by atoms with E-state index in [1.807, 2.05) is 0 Å². The van der Waals surface area contributed by atoms with Crippen LogP contribution in [0.15, 0.2) is 0 Å². The highest BCUT2D eigenvalue weighted by Gasteiger charge is 2.26. The summed E-state index contributed by atoms with van der Waals surface area (Å²) in [6.07, 6.45) is 1.33. The molecule has 0 saturated carbocycles. The highest BCUT2D eigenvalue weighted by molar-refractivity contribution is 4.83. The van der Waals surface area contributed by atoms with E-state index in [1.54, 1.807) is 0 Å². The van der Waals surface area contributed by atoms with Crippen LogP contribution in [0.2, 0.25) is 0 Å². The summed E-state index contributed by atoms with van der Waals surface area (Å²) in [4.78, 5) is 2.35. The van der Waals surface area contributed by atoms with Crippen LogP contribution in [0.1, 0.15) is 13.3 Å². The normalized spacial score (nSPS) is 43.0. The Morgan fingerprint density at radius 2 is 2.33 bits per heavy atom. The molecule has 1 unspecified atom stereocenters. The minimum absolute atomic E-state index is 0.935. The lowest BCUT2D eigenvalue weighted by atomic mass is 10.4. The van der Waals surface area contributed by atoms with Gasteiger partial charge in [-0.3, -0.25) is 0 Å². The van der Waals surface area contributed by atoms with Crippen LogP contribution in [0.25, 0.3) is 0 Å². The highest BCUT2D eigenvalue weighted by atomic mass is 15.3. The van der Waals surface area contributed by atoms with Gasteiger partial charge in [0.25, 0.3) is 0 Å². The molecule has 0 N–H and O–H groups in total. The first-order chi connectivity index (χ1) is 2.84. The Kier molecular flexibility index (Phi) is 0.845. The first kappa shape index (κ1) is 4.13. The molecular formula is C5H11N. The summed E-state index contributed by atoms with van der Waals surface area (Å²) in [5.41, 5.74) is 0. The molecule has 0 spiro atoms. The molecule has 0 aromatic carbocycles. The van der Waals surface area contributed by atoms with E-state index >= 15 is 0 Å². The lowest BCUT2D eigenvalue weighted by molar-refractivity contribution is 0.603. The summed E-state index contributed by atoms with van der Waals surface area (Å²) in [7, 11) is 2.16. The fourth-order valence-corrected chi connectivity index (χ4v) is 0.726. The molecule has 0 radical (unpaired) electrons. The fourth-order valence-electron chi connectivity index (χ4n) is 0.726. The summed E-state index contributed by atoms with van der Waals surface area (Å²) in [6, 6.07) is 0.935. The molecule has 1 aliphatic heterocycles. The van der Waals surface area contributed by atoms with Gasteiger partial charge in [-0.2, -0.15) is 0 Å². The van der Waals surface area contributed by atoms with Crippen molar-refractivity contribution in [1.82, 2.24) is 4.90 Å². The van der Waals surface area contributed by atoms with Gasteiger partial charge in [0.15, 0.2) is 0 Å². The lowest BCUT2D eigenvalue weighted by Gasteiger charge is -1.83.